The zero-order valence-corrected chi connectivity index (χ0v) is 11.0. The van der Waals surface area contributed by atoms with Gasteiger partial charge in [-0.15, -0.1) is 0 Å². The molecule has 1 aromatic heterocycles. The summed E-state index contributed by atoms with van der Waals surface area (Å²) in [4.78, 5) is 2.52. The molecule has 0 radical (unpaired) electrons. The highest BCUT2D eigenvalue weighted by Gasteiger charge is 2.22. The molecule has 2 atom stereocenters. The summed E-state index contributed by atoms with van der Waals surface area (Å²) in [6.45, 7) is 8.04. The fourth-order valence-corrected chi connectivity index (χ4v) is 2.65. The largest absolute Gasteiger partial charge is 0.468 e. The van der Waals surface area contributed by atoms with Crippen LogP contribution in [0.4, 0.5) is 0 Å². The van der Waals surface area contributed by atoms with E-state index in [0.29, 0.717) is 12.1 Å². The number of nitrogens with one attached hydrogen (secondary N) is 1. The molecule has 0 aromatic carbocycles. The third kappa shape index (κ3) is 3.33. The fraction of sp³-hybridized carbons (Fsp3) is 0.714. The molecule has 1 aliphatic rings. The van der Waals surface area contributed by atoms with E-state index in [2.05, 4.69) is 30.1 Å². The molecular weight excluding hydrogens is 212 g/mol. The molecule has 0 saturated carbocycles. The monoisotopic (exact) mass is 236 g/mol. The molecule has 3 nitrogen and oxygen atoms in total. The van der Waals surface area contributed by atoms with Crippen LogP contribution in [0.2, 0.25) is 0 Å². The zero-order chi connectivity index (χ0) is 12.1. The Balaban J connectivity index is 1.90. The van der Waals surface area contributed by atoms with E-state index in [9.17, 15) is 0 Å². The summed E-state index contributed by atoms with van der Waals surface area (Å²) in [5, 5.41) is 3.74. The van der Waals surface area contributed by atoms with E-state index >= 15 is 0 Å². The predicted octanol–water partition coefficient (Wildman–Crippen LogP) is 2.80. The molecule has 96 valence electrons. The average molecular weight is 236 g/mol. The lowest BCUT2D eigenvalue weighted by atomic mass is 10.0. The normalized spacial score (nSPS) is 23.8. The average Bonchev–Trinajstić information content (AvgIpc) is 2.90. The van der Waals surface area contributed by atoms with E-state index in [1.54, 1.807) is 6.26 Å². The summed E-state index contributed by atoms with van der Waals surface area (Å²) >= 11 is 0. The van der Waals surface area contributed by atoms with Gasteiger partial charge < -0.3 is 14.6 Å². The van der Waals surface area contributed by atoms with Crippen molar-refractivity contribution in [2.24, 2.45) is 0 Å². The first kappa shape index (κ1) is 12.7. The van der Waals surface area contributed by atoms with Gasteiger partial charge in [-0.3, -0.25) is 0 Å². The first-order valence-electron chi connectivity index (χ1n) is 6.85. The Bertz CT molecular complexity index is 310. The molecule has 3 heteroatoms. The summed E-state index contributed by atoms with van der Waals surface area (Å²) in [6, 6.07) is 5.02. The molecule has 0 aliphatic carbocycles. The van der Waals surface area contributed by atoms with Gasteiger partial charge in [0.1, 0.15) is 5.76 Å². The van der Waals surface area contributed by atoms with Crippen LogP contribution in [0.1, 0.15) is 44.9 Å². The maximum atomic E-state index is 5.51. The lowest BCUT2D eigenvalue weighted by Crippen LogP contribution is -2.46. The van der Waals surface area contributed by atoms with Crippen molar-refractivity contribution in [3.8, 4) is 0 Å². The zero-order valence-electron chi connectivity index (χ0n) is 11.0. The maximum Gasteiger partial charge on any atom is 0.120 e. The van der Waals surface area contributed by atoms with Crippen LogP contribution < -0.4 is 5.32 Å². The molecule has 0 bridgehead atoms. The van der Waals surface area contributed by atoms with E-state index in [4.69, 9.17) is 4.42 Å². The Morgan fingerprint density at radius 1 is 1.53 bits per heavy atom. The Kier molecular flexibility index (Phi) is 4.63. The van der Waals surface area contributed by atoms with Crippen LogP contribution in [0, 0.1) is 0 Å². The number of rotatable bonds is 5. The number of nitrogens with zero attached hydrogens (tertiary/aromatic N) is 1. The molecule has 2 rings (SSSR count). The van der Waals surface area contributed by atoms with Crippen molar-refractivity contribution in [2.75, 3.05) is 19.6 Å². The topological polar surface area (TPSA) is 28.4 Å². The van der Waals surface area contributed by atoms with Crippen LogP contribution in [-0.4, -0.2) is 30.6 Å². The summed E-state index contributed by atoms with van der Waals surface area (Å²) in [7, 11) is 0. The first-order valence-corrected chi connectivity index (χ1v) is 6.85. The summed E-state index contributed by atoms with van der Waals surface area (Å²) in [6.07, 6.45) is 5.43. The highest BCUT2D eigenvalue weighted by molar-refractivity contribution is 5.04. The van der Waals surface area contributed by atoms with E-state index in [0.717, 1.165) is 18.7 Å². The third-order valence-electron chi connectivity index (χ3n) is 3.68. The van der Waals surface area contributed by atoms with E-state index < -0.39 is 0 Å². The van der Waals surface area contributed by atoms with Crippen LogP contribution in [-0.2, 0) is 0 Å². The Morgan fingerprint density at radius 2 is 2.41 bits per heavy atom. The van der Waals surface area contributed by atoms with Crippen LogP contribution in [0.25, 0.3) is 0 Å². The van der Waals surface area contributed by atoms with Gasteiger partial charge >= 0.3 is 0 Å². The minimum absolute atomic E-state index is 0.367. The van der Waals surface area contributed by atoms with Crippen LogP contribution >= 0.6 is 0 Å². The Morgan fingerprint density at radius 3 is 3.06 bits per heavy atom. The molecule has 0 amide bonds. The fourth-order valence-electron chi connectivity index (χ4n) is 2.65. The summed E-state index contributed by atoms with van der Waals surface area (Å²) in [5.74, 6) is 1.07. The number of likely N-dealkylation sites (tertiary alicyclic amines) is 1. The molecular formula is C14H24N2O. The molecule has 0 spiro atoms. The van der Waals surface area contributed by atoms with Crippen molar-refractivity contribution in [1.29, 1.82) is 0 Å². The summed E-state index contributed by atoms with van der Waals surface area (Å²) < 4.78 is 5.51. The van der Waals surface area contributed by atoms with Crippen LogP contribution in [0.3, 0.4) is 0 Å². The predicted molar refractivity (Wildman–Crippen MR) is 70.0 cm³/mol. The van der Waals surface area contributed by atoms with Gasteiger partial charge in [0, 0.05) is 12.6 Å². The maximum absolute atomic E-state index is 5.51. The minimum Gasteiger partial charge on any atom is -0.468 e. The van der Waals surface area contributed by atoms with Gasteiger partial charge in [-0.05, 0) is 44.5 Å². The van der Waals surface area contributed by atoms with Crippen molar-refractivity contribution in [3.05, 3.63) is 24.2 Å². The molecule has 1 aromatic rings. The standard InChI is InChI=1S/C14H24N2O/c1-3-13(14-8-6-10-17-14)15-12-7-5-9-16(4-2)11-12/h6,8,10,12-13,15H,3-5,7,9,11H2,1-2H3. The highest BCUT2D eigenvalue weighted by Crippen LogP contribution is 2.20. The quantitative estimate of drug-likeness (QED) is 0.852. The van der Waals surface area contributed by atoms with Gasteiger partial charge in [0.15, 0.2) is 0 Å². The third-order valence-corrected chi connectivity index (χ3v) is 3.68. The lowest BCUT2D eigenvalue weighted by Gasteiger charge is -2.34. The summed E-state index contributed by atoms with van der Waals surface area (Å²) in [5.41, 5.74) is 0. The number of hydrogen-bond donors (Lipinski definition) is 1. The van der Waals surface area contributed by atoms with E-state index in [1.165, 1.54) is 25.9 Å². The molecule has 1 aliphatic heterocycles. The van der Waals surface area contributed by atoms with Gasteiger partial charge in [0.05, 0.1) is 12.3 Å². The van der Waals surface area contributed by atoms with Gasteiger partial charge in [0.25, 0.3) is 0 Å². The number of piperidine rings is 1. The first-order chi connectivity index (χ1) is 8.33. The molecule has 2 heterocycles. The second-order valence-corrected chi connectivity index (χ2v) is 4.88. The van der Waals surface area contributed by atoms with Crippen molar-refractivity contribution >= 4 is 0 Å². The number of furan rings is 1. The molecule has 1 N–H and O–H groups in total. The van der Waals surface area contributed by atoms with Crippen molar-refractivity contribution < 1.29 is 4.42 Å². The highest BCUT2D eigenvalue weighted by atomic mass is 16.3. The molecule has 1 fully saturated rings. The van der Waals surface area contributed by atoms with Crippen LogP contribution in [0.5, 0.6) is 0 Å². The second kappa shape index (κ2) is 6.22. The van der Waals surface area contributed by atoms with Gasteiger partial charge in [-0.1, -0.05) is 13.8 Å². The van der Waals surface area contributed by atoms with E-state index in [1.807, 2.05) is 6.07 Å². The smallest absolute Gasteiger partial charge is 0.120 e. The molecule has 1 saturated heterocycles. The van der Waals surface area contributed by atoms with Crippen molar-refractivity contribution in [2.45, 2.75) is 45.2 Å². The number of likely N-dealkylation sites (N-methyl/N-ethyl adjacent to an activating group) is 1. The van der Waals surface area contributed by atoms with Crippen LogP contribution in [0.15, 0.2) is 22.8 Å². The van der Waals surface area contributed by atoms with Gasteiger partial charge in [0.2, 0.25) is 0 Å². The van der Waals surface area contributed by atoms with Crippen molar-refractivity contribution in [3.63, 3.8) is 0 Å². The Hall–Kier alpha value is -0.800. The minimum atomic E-state index is 0.367. The Labute approximate surface area is 104 Å². The molecule has 17 heavy (non-hydrogen) atoms. The van der Waals surface area contributed by atoms with Gasteiger partial charge in [-0.25, -0.2) is 0 Å². The lowest BCUT2D eigenvalue weighted by molar-refractivity contribution is 0.185. The SMILES string of the molecule is CCC(NC1CCCN(CC)C1)c1ccco1. The van der Waals surface area contributed by atoms with Crippen molar-refractivity contribution in [1.82, 2.24) is 10.2 Å². The molecule has 2 unspecified atom stereocenters. The number of hydrogen-bond acceptors (Lipinski definition) is 3. The van der Waals surface area contributed by atoms with E-state index in [-0.39, 0.29) is 0 Å². The second-order valence-electron chi connectivity index (χ2n) is 4.88. The van der Waals surface area contributed by atoms with Gasteiger partial charge in [-0.2, -0.15) is 0 Å².